The number of carbonyl (C=O) groups excluding carboxylic acids is 1. The van der Waals surface area contributed by atoms with Crippen molar-refractivity contribution in [2.24, 2.45) is 0 Å². The summed E-state index contributed by atoms with van der Waals surface area (Å²) in [7, 11) is 0. The Hall–Kier alpha value is -2.70. The summed E-state index contributed by atoms with van der Waals surface area (Å²) in [4.78, 5) is 22.1. The second-order valence-corrected chi connectivity index (χ2v) is 8.98. The Bertz CT molecular complexity index is 1270. The van der Waals surface area contributed by atoms with Crippen molar-refractivity contribution < 1.29 is 4.79 Å². The molecule has 1 atom stereocenters. The highest BCUT2D eigenvalue weighted by atomic mass is 35.5. The van der Waals surface area contributed by atoms with Crippen LogP contribution in [0.2, 0.25) is 5.02 Å². The number of thioether (sulfide) groups is 1. The summed E-state index contributed by atoms with van der Waals surface area (Å²) in [6.45, 7) is 2.07. The van der Waals surface area contributed by atoms with Gasteiger partial charge in [-0.2, -0.15) is 4.98 Å². The second kappa shape index (κ2) is 7.85. The second-order valence-electron chi connectivity index (χ2n) is 7.60. The van der Waals surface area contributed by atoms with E-state index >= 15 is 0 Å². The fraction of sp³-hybridized carbons (Fsp3) is 0.217. The van der Waals surface area contributed by atoms with Crippen molar-refractivity contribution in [2.75, 3.05) is 0 Å². The lowest BCUT2D eigenvalue weighted by Crippen LogP contribution is -2.21. The normalized spacial score (nSPS) is 16.1. The van der Waals surface area contributed by atoms with Crippen LogP contribution in [0, 0.1) is 6.92 Å². The van der Waals surface area contributed by atoms with E-state index in [2.05, 4.69) is 40.2 Å². The van der Waals surface area contributed by atoms with Gasteiger partial charge < -0.3 is 0 Å². The van der Waals surface area contributed by atoms with Crippen LogP contribution in [-0.2, 0) is 12.2 Å². The Morgan fingerprint density at radius 2 is 2.00 bits per heavy atom. The fourth-order valence-electron chi connectivity index (χ4n) is 3.86. The van der Waals surface area contributed by atoms with Gasteiger partial charge in [0.15, 0.2) is 5.78 Å². The van der Waals surface area contributed by atoms with Gasteiger partial charge in [0.1, 0.15) is 0 Å². The van der Waals surface area contributed by atoms with Crippen molar-refractivity contribution in [1.82, 2.24) is 19.6 Å². The third-order valence-corrected chi connectivity index (χ3v) is 6.48. The van der Waals surface area contributed by atoms with E-state index in [1.54, 1.807) is 10.7 Å². The fourth-order valence-corrected chi connectivity index (χ4v) is 4.84. The van der Waals surface area contributed by atoms with Gasteiger partial charge in [0.05, 0.1) is 11.3 Å². The Balaban J connectivity index is 1.41. The summed E-state index contributed by atoms with van der Waals surface area (Å²) in [5, 5.41) is 5.85. The van der Waals surface area contributed by atoms with Crippen molar-refractivity contribution in [3.05, 3.63) is 87.7 Å². The topological polar surface area (TPSA) is 60.2 Å². The van der Waals surface area contributed by atoms with E-state index in [4.69, 9.17) is 11.6 Å². The average molecular weight is 435 g/mol. The molecule has 5 nitrogen and oxygen atoms in total. The first-order chi connectivity index (χ1) is 14.5. The number of carbonyl (C=O) groups is 1. The zero-order valence-electron chi connectivity index (χ0n) is 16.4. The first-order valence-electron chi connectivity index (χ1n) is 9.78. The average Bonchev–Trinajstić information content (AvgIpc) is 3.13. The molecule has 4 aromatic rings. The molecular formula is C23H19ClN4OS. The quantitative estimate of drug-likeness (QED) is 0.408. The van der Waals surface area contributed by atoms with Crippen LogP contribution < -0.4 is 0 Å². The highest BCUT2D eigenvalue weighted by Crippen LogP contribution is 2.32. The van der Waals surface area contributed by atoms with Crippen LogP contribution in [0.3, 0.4) is 0 Å². The smallest absolute Gasteiger partial charge is 0.253 e. The molecule has 0 bridgehead atoms. The standard InChI is InChI=1S/C23H19ClN4OS/c1-14-4-2-6-16(8-14)17-10-20-19(21(29)11-17)12-28-22(25-20)26-23(27-28)30-13-15-5-3-7-18(24)9-15/h2-9,12,17H,10-11,13H2,1H3. The van der Waals surface area contributed by atoms with E-state index in [1.165, 1.54) is 22.9 Å². The number of aromatic nitrogens is 4. The van der Waals surface area contributed by atoms with Gasteiger partial charge in [-0.05, 0) is 42.5 Å². The predicted octanol–water partition coefficient (Wildman–Crippen LogP) is 5.29. The molecule has 1 unspecified atom stereocenters. The van der Waals surface area contributed by atoms with E-state index < -0.39 is 0 Å². The van der Waals surface area contributed by atoms with Crippen LogP contribution in [-0.4, -0.2) is 25.4 Å². The van der Waals surface area contributed by atoms with Crippen LogP contribution in [0.15, 0.2) is 59.9 Å². The molecule has 0 aliphatic heterocycles. The maximum Gasteiger partial charge on any atom is 0.253 e. The Morgan fingerprint density at radius 3 is 2.83 bits per heavy atom. The van der Waals surface area contributed by atoms with E-state index in [0.717, 1.165) is 17.7 Å². The Kier molecular flexibility index (Phi) is 5.05. The van der Waals surface area contributed by atoms with Crippen molar-refractivity contribution >= 4 is 34.9 Å². The molecule has 1 aliphatic carbocycles. The summed E-state index contributed by atoms with van der Waals surface area (Å²) in [5.74, 6) is 1.51. The van der Waals surface area contributed by atoms with Gasteiger partial charge in [-0.15, -0.1) is 5.10 Å². The first kappa shape index (κ1) is 19.3. The molecule has 0 fully saturated rings. The molecule has 0 spiro atoms. The third kappa shape index (κ3) is 3.85. The molecule has 150 valence electrons. The zero-order valence-corrected chi connectivity index (χ0v) is 18.0. The monoisotopic (exact) mass is 434 g/mol. The summed E-state index contributed by atoms with van der Waals surface area (Å²) < 4.78 is 1.62. The first-order valence-corrected chi connectivity index (χ1v) is 11.1. The number of halogens is 1. The SMILES string of the molecule is Cc1cccc(C2CC(=O)c3cn4nc(SCc5cccc(Cl)c5)nc4nc3C2)c1. The molecule has 1 aliphatic rings. The van der Waals surface area contributed by atoms with Gasteiger partial charge in [0, 0.05) is 23.4 Å². The summed E-state index contributed by atoms with van der Waals surface area (Å²) >= 11 is 7.58. The van der Waals surface area contributed by atoms with Crippen molar-refractivity contribution in [1.29, 1.82) is 0 Å². The van der Waals surface area contributed by atoms with Gasteiger partial charge in [0.25, 0.3) is 5.78 Å². The van der Waals surface area contributed by atoms with E-state index in [-0.39, 0.29) is 11.7 Å². The number of aryl methyl sites for hydroxylation is 1. The van der Waals surface area contributed by atoms with Gasteiger partial charge >= 0.3 is 0 Å². The number of hydrogen-bond donors (Lipinski definition) is 0. The summed E-state index contributed by atoms with van der Waals surface area (Å²) in [5.41, 5.74) is 4.96. The van der Waals surface area contributed by atoms with E-state index in [1.807, 2.05) is 30.3 Å². The lowest BCUT2D eigenvalue weighted by molar-refractivity contribution is 0.0962. The largest absolute Gasteiger partial charge is 0.294 e. The van der Waals surface area contributed by atoms with Crippen LogP contribution in [0.4, 0.5) is 0 Å². The van der Waals surface area contributed by atoms with Gasteiger partial charge in [-0.1, -0.05) is 65.3 Å². The molecule has 5 rings (SSSR count). The molecule has 0 radical (unpaired) electrons. The molecule has 0 saturated heterocycles. The minimum atomic E-state index is 0.112. The number of rotatable bonds is 4. The third-order valence-electron chi connectivity index (χ3n) is 5.33. The summed E-state index contributed by atoms with van der Waals surface area (Å²) in [6.07, 6.45) is 3.01. The van der Waals surface area contributed by atoms with Gasteiger partial charge in [-0.25, -0.2) is 9.50 Å². The maximum atomic E-state index is 12.8. The van der Waals surface area contributed by atoms with Crippen LogP contribution in [0.25, 0.3) is 5.78 Å². The molecule has 0 saturated carbocycles. The van der Waals surface area contributed by atoms with Crippen LogP contribution >= 0.6 is 23.4 Å². The summed E-state index contributed by atoms with van der Waals surface area (Å²) in [6, 6.07) is 16.1. The molecule has 0 amide bonds. The van der Waals surface area contributed by atoms with Crippen molar-refractivity contribution in [3.63, 3.8) is 0 Å². The molecule has 2 aromatic heterocycles. The predicted molar refractivity (Wildman–Crippen MR) is 118 cm³/mol. The number of benzene rings is 2. The van der Waals surface area contributed by atoms with E-state index in [9.17, 15) is 4.79 Å². The van der Waals surface area contributed by atoms with Crippen LogP contribution in [0.1, 0.15) is 45.1 Å². The molecule has 2 heterocycles. The number of ketones is 1. The number of hydrogen-bond acceptors (Lipinski definition) is 5. The minimum Gasteiger partial charge on any atom is -0.294 e. The van der Waals surface area contributed by atoms with Gasteiger partial charge in [0.2, 0.25) is 5.16 Å². The van der Waals surface area contributed by atoms with Crippen LogP contribution in [0.5, 0.6) is 0 Å². The molecule has 7 heteroatoms. The maximum absolute atomic E-state index is 12.8. The van der Waals surface area contributed by atoms with Crippen molar-refractivity contribution in [3.8, 4) is 0 Å². The van der Waals surface area contributed by atoms with Crippen molar-refractivity contribution in [2.45, 2.75) is 36.6 Å². The molecule has 30 heavy (non-hydrogen) atoms. The molecular weight excluding hydrogens is 416 g/mol. The number of Topliss-reactive ketones (excluding diaryl/α,β-unsaturated/α-hetero) is 1. The Morgan fingerprint density at radius 1 is 1.13 bits per heavy atom. The highest BCUT2D eigenvalue weighted by molar-refractivity contribution is 7.98. The van der Waals surface area contributed by atoms with E-state index in [0.29, 0.717) is 33.7 Å². The highest BCUT2D eigenvalue weighted by Gasteiger charge is 2.28. The van der Waals surface area contributed by atoms with Gasteiger partial charge in [-0.3, -0.25) is 4.79 Å². The minimum absolute atomic E-state index is 0.112. The zero-order chi connectivity index (χ0) is 20.7. The number of fused-ring (bicyclic) bond motifs is 2. The molecule has 0 N–H and O–H groups in total. The lowest BCUT2D eigenvalue weighted by atomic mass is 9.82. The number of nitrogens with zero attached hydrogens (tertiary/aromatic N) is 4. The lowest BCUT2D eigenvalue weighted by Gasteiger charge is -2.23. The molecule has 2 aromatic carbocycles. The Labute approximate surface area is 183 Å².